The van der Waals surface area contributed by atoms with Gasteiger partial charge in [-0.2, -0.15) is 0 Å². The number of rotatable bonds is 9. The molecule has 1 spiro atoms. The monoisotopic (exact) mass is 986 g/mol. The lowest BCUT2D eigenvalue weighted by Gasteiger charge is -2.49. The van der Waals surface area contributed by atoms with Gasteiger partial charge in [0.05, 0.1) is 43.2 Å². The van der Waals surface area contributed by atoms with Crippen LogP contribution < -0.4 is 0 Å². The number of oxime groups is 1. The van der Waals surface area contributed by atoms with Gasteiger partial charge < -0.3 is 62.1 Å². The predicted molar refractivity (Wildman–Crippen MR) is 262 cm³/mol. The first kappa shape index (κ1) is 54.2. The van der Waals surface area contributed by atoms with E-state index in [1.54, 1.807) is 21.1 Å². The van der Waals surface area contributed by atoms with Crippen molar-refractivity contribution in [3.63, 3.8) is 0 Å². The number of methoxy groups -OCH3 is 2. The Balaban J connectivity index is 1.21. The second-order valence-corrected chi connectivity index (χ2v) is 27.3. The van der Waals surface area contributed by atoms with Crippen molar-refractivity contribution in [2.45, 2.75) is 218 Å². The van der Waals surface area contributed by atoms with Crippen LogP contribution in [0, 0.1) is 23.7 Å². The van der Waals surface area contributed by atoms with E-state index in [2.05, 4.69) is 91.9 Å². The van der Waals surface area contributed by atoms with Crippen LogP contribution in [-0.2, 0) is 56.6 Å². The number of ether oxygens (including phenoxy) is 10. The zero-order valence-corrected chi connectivity index (χ0v) is 44.8. The molecule has 2 N–H and O–H groups in total. The molecular formula is C53H83NO14Si. The lowest BCUT2D eigenvalue weighted by Crippen LogP contribution is -2.60. The van der Waals surface area contributed by atoms with Crippen molar-refractivity contribution in [2.24, 2.45) is 28.8 Å². The summed E-state index contributed by atoms with van der Waals surface area (Å²) in [7, 11) is 0.848. The third-order valence-electron chi connectivity index (χ3n) is 16.1. The summed E-state index contributed by atoms with van der Waals surface area (Å²) in [5.41, 5.74) is 1.04. The van der Waals surface area contributed by atoms with Gasteiger partial charge >= 0.3 is 5.97 Å². The topological polar surface area (TPSA) is 171 Å². The quantitative estimate of drug-likeness (QED) is 0.0741. The molecule has 2 bridgehead atoms. The Hall–Kier alpha value is -2.58. The van der Waals surface area contributed by atoms with Crippen LogP contribution in [0.3, 0.4) is 0 Å². The van der Waals surface area contributed by atoms with Crippen molar-refractivity contribution in [1.29, 1.82) is 0 Å². The minimum Gasteiger partial charge on any atom is -0.462 e. The van der Waals surface area contributed by atoms with Crippen LogP contribution in [0.5, 0.6) is 0 Å². The van der Waals surface area contributed by atoms with Crippen molar-refractivity contribution in [3.8, 4) is 0 Å². The Bertz CT molecular complexity index is 2010. The van der Waals surface area contributed by atoms with Gasteiger partial charge in [0, 0.05) is 51.7 Å². The fourth-order valence-electron chi connectivity index (χ4n) is 11.1. The van der Waals surface area contributed by atoms with Crippen LogP contribution in [0.15, 0.2) is 64.4 Å². The molecule has 0 aromatic heterocycles. The number of fused-ring (bicyclic) bond motifs is 2. The molecule has 1 aliphatic carbocycles. The van der Waals surface area contributed by atoms with Gasteiger partial charge in [0.2, 0.25) is 0 Å². The molecule has 4 fully saturated rings. The zero-order chi connectivity index (χ0) is 50.4. The maximum absolute atomic E-state index is 14.8. The summed E-state index contributed by atoms with van der Waals surface area (Å²) >= 11 is 0. The van der Waals surface area contributed by atoms with Gasteiger partial charge in [0.25, 0.3) is 0 Å². The van der Waals surface area contributed by atoms with Gasteiger partial charge in [-0.1, -0.05) is 90.1 Å². The fourth-order valence-corrected chi connectivity index (χ4v) is 12.4. The normalized spacial score (nSPS) is 45.0. The van der Waals surface area contributed by atoms with Crippen molar-refractivity contribution in [2.75, 3.05) is 20.8 Å². The number of hydrogen-bond acceptors (Lipinski definition) is 15. The maximum atomic E-state index is 14.8. The largest absolute Gasteiger partial charge is 0.462 e. The molecule has 388 valence electrons. The molecule has 0 unspecified atom stereocenters. The van der Waals surface area contributed by atoms with Gasteiger partial charge in [-0.3, -0.25) is 4.79 Å². The van der Waals surface area contributed by atoms with Crippen LogP contribution in [0.1, 0.15) is 108 Å². The van der Waals surface area contributed by atoms with Crippen molar-refractivity contribution in [3.05, 3.63) is 59.3 Å². The molecular weight excluding hydrogens is 903 g/mol. The number of esters is 1. The van der Waals surface area contributed by atoms with Crippen molar-refractivity contribution >= 4 is 20.0 Å². The molecule has 7 rings (SSSR count). The van der Waals surface area contributed by atoms with Crippen LogP contribution in [-0.4, -0.2) is 142 Å². The molecule has 69 heavy (non-hydrogen) atoms. The molecule has 16 heteroatoms. The highest BCUT2D eigenvalue weighted by atomic mass is 28.4. The van der Waals surface area contributed by atoms with E-state index in [-0.39, 0.29) is 41.6 Å². The number of allylic oxidation sites excluding steroid dienone is 2. The molecule has 0 amide bonds. The molecule has 18 atom stereocenters. The third kappa shape index (κ3) is 11.3. The zero-order valence-electron chi connectivity index (χ0n) is 43.8. The van der Waals surface area contributed by atoms with E-state index < -0.39 is 99.1 Å². The summed E-state index contributed by atoms with van der Waals surface area (Å²) in [4.78, 5) is 14.8. The highest BCUT2D eigenvalue weighted by molar-refractivity contribution is 6.74. The summed E-state index contributed by atoms with van der Waals surface area (Å²) in [6.07, 6.45) is 9.46. The van der Waals surface area contributed by atoms with Crippen molar-refractivity contribution < 1.29 is 66.9 Å². The van der Waals surface area contributed by atoms with E-state index in [0.29, 0.717) is 43.4 Å². The van der Waals surface area contributed by atoms with E-state index in [1.807, 2.05) is 38.2 Å². The number of aliphatic hydroxyl groups is 1. The Morgan fingerprint density at radius 3 is 2.29 bits per heavy atom. The van der Waals surface area contributed by atoms with E-state index in [0.717, 1.165) is 11.1 Å². The fraction of sp³-hybridized carbons (Fsp3) is 0.774. The lowest BCUT2D eigenvalue weighted by atomic mass is 9.71. The summed E-state index contributed by atoms with van der Waals surface area (Å²) in [5, 5.41) is 26.1. The van der Waals surface area contributed by atoms with Gasteiger partial charge in [0.1, 0.15) is 47.8 Å². The van der Waals surface area contributed by atoms with E-state index in [4.69, 9.17) is 51.8 Å². The molecule has 0 aromatic rings. The Morgan fingerprint density at radius 2 is 1.62 bits per heavy atom. The molecule has 4 saturated heterocycles. The van der Waals surface area contributed by atoms with Crippen LogP contribution >= 0.6 is 0 Å². The number of carbonyl (C=O) groups is 1. The Kier molecular flexibility index (Phi) is 16.9. The molecule has 0 aromatic carbocycles. The van der Waals surface area contributed by atoms with Gasteiger partial charge in [-0.15, -0.1) is 0 Å². The summed E-state index contributed by atoms with van der Waals surface area (Å²) in [6.45, 7) is 27.3. The van der Waals surface area contributed by atoms with Crippen LogP contribution in [0.25, 0.3) is 0 Å². The predicted octanol–water partition coefficient (Wildman–Crippen LogP) is 8.49. The average Bonchev–Trinajstić information content (AvgIpc) is 3.62. The second kappa shape index (κ2) is 21.5. The van der Waals surface area contributed by atoms with Gasteiger partial charge in [-0.25, -0.2) is 0 Å². The highest BCUT2D eigenvalue weighted by Gasteiger charge is 2.62. The summed E-state index contributed by atoms with van der Waals surface area (Å²) in [6, 6.07) is 0. The smallest absolute Gasteiger partial charge is 0.316 e. The van der Waals surface area contributed by atoms with Gasteiger partial charge in [0.15, 0.2) is 26.7 Å². The number of nitrogens with zero attached hydrogens (tertiary/aromatic N) is 1. The number of carbonyl (C=O) groups excluding carboxylic acids is 1. The first-order valence-electron chi connectivity index (χ1n) is 25.3. The van der Waals surface area contributed by atoms with E-state index in [9.17, 15) is 15.1 Å². The van der Waals surface area contributed by atoms with E-state index >= 15 is 0 Å². The van der Waals surface area contributed by atoms with Crippen LogP contribution in [0.2, 0.25) is 18.1 Å². The molecule has 0 saturated carbocycles. The third-order valence-corrected chi connectivity index (χ3v) is 20.6. The molecule has 15 nitrogen and oxygen atoms in total. The van der Waals surface area contributed by atoms with Gasteiger partial charge in [-0.05, 0) is 81.0 Å². The minimum atomic E-state index is -2.38. The molecule has 6 heterocycles. The maximum Gasteiger partial charge on any atom is 0.316 e. The first-order valence-corrected chi connectivity index (χ1v) is 28.2. The molecule has 7 aliphatic rings. The second-order valence-electron chi connectivity index (χ2n) is 22.6. The summed E-state index contributed by atoms with van der Waals surface area (Å²) in [5.74, 6) is -2.49. The Morgan fingerprint density at radius 1 is 0.899 bits per heavy atom. The average molecular weight is 986 g/mol. The lowest BCUT2D eigenvalue weighted by molar-refractivity contribution is -0.302. The number of hydrogen-bond donors (Lipinski definition) is 2. The van der Waals surface area contributed by atoms with Crippen LogP contribution in [0.4, 0.5) is 0 Å². The Labute approximate surface area is 412 Å². The standard InChI is InChI=1S/C53H83NO14Si/c1-29(2)45-32(5)21-22-52(67-45)27-38-24-37(66-52)20-19-31(4)46(64-43-26-41(59-13)48(35(8)62-43)65-42-25-40(58-12)44(54-57)34(7)61-42)30(3)17-16-18-36-28-60-49-47(68-69(14,15)51(9,10)11)33(6)23-39(50(55)63-38)53(36,49)56/h16-19,21-23,29-30,32,34-35,37-43,45-49,56-57H,20,24-28H2,1-15H3/b17-16+,31-19+,36-18+,54-44+/t30-,32-,34-,35-,37+,38-,39-,40-,41-,42-,43-,45+,46-,47+,48-,49+,52+,53+/m0/s1. The first-order chi connectivity index (χ1) is 32.4. The van der Waals surface area contributed by atoms with Crippen molar-refractivity contribution in [1.82, 2.24) is 0 Å². The molecule has 6 aliphatic heterocycles. The minimum absolute atomic E-state index is 0.106. The molecule has 0 radical (unpaired) electrons. The highest BCUT2D eigenvalue weighted by Crippen LogP contribution is 2.50. The SMILES string of the molecule is CO[C@H]1C[C@H](O[C@H]2[C@H](C)O[C@@H](O[C@@H]3/C(C)=C/C[C@@H]4C[C@@H](C[C@]5(C=C[C@H](C)[C@@H](C(C)C)O5)O4)OC(=O)[C@@H]4C=C(C)[C@@H](O[Si](C)(C)C(C)(C)C)[C@H]5OC/C(=C\C=C\[C@@H]3C)[C@]54O)C[C@@H]2OC)O[C@@H](C)/C1=N\O. The van der Waals surface area contributed by atoms with E-state index in [1.165, 1.54) is 0 Å². The summed E-state index contributed by atoms with van der Waals surface area (Å²) < 4.78 is 71.9.